The molecule has 1 aliphatic heterocycles. The lowest BCUT2D eigenvalue weighted by Crippen LogP contribution is -2.24. The summed E-state index contributed by atoms with van der Waals surface area (Å²) < 4.78 is 11.9. The van der Waals surface area contributed by atoms with Gasteiger partial charge in [0.05, 0.1) is 25.0 Å². The van der Waals surface area contributed by atoms with Crippen LogP contribution in [0.4, 0.5) is 5.69 Å². The van der Waals surface area contributed by atoms with E-state index in [4.69, 9.17) is 9.47 Å². The minimum absolute atomic E-state index is 0.0512. The molecule has 0 amide bonds. The van der Waals surface area contributed by atoms with E-state index in [0.717, 1.165) is 55.5 Å². The highest BCUT2D eigenvalue weighted by atomic mass is 16.5. The molecule has 1 aliphatic carbocycles. The average Bonchev–Trinajstić information content (AvgIpc) is 3.49. The summed E-state index contributed by atoms with van der Waals surface area (Å²) in [5, 5.41) is 0. The number of pyridine rings is 1. The zero-order chi connectivity index (χ0) is 20.9. The summed E-state index contributed by atoms with van der Waals surface area (Å²) in [4.78, 5) is 18.9. The highest BCUT2D eigenvalue weighted by molar-refractivity contribution is 5.85. The molecular weight excluding hydrogens is 376 g/mol. The van der Waals surface area contributed by atoms with Crippen molar-refractivity contribution in [3.8, 4) is 11.6 Å². The molecule has 1 saturated heterocycles. The molecule has 0 bridgehead atoms. The van der Waals surface area contributed by atoms with Crippen molar-refractivity contribution in [2.45, 2.75) is 58.0 Å². The Morgan fingerprint density at radius 2 is 1.97 bits per heavy atom. The molecule has 5 heteroatoms. The average molecular weight is 409 g/mol. The molecule has 30 heavy (non-hydrogen) atoms. The standard InChI is InChI=1S/C25H32N2O3/c1-3-4-24(28)18(2)20-7-10-22(11-8-20)30-23-13-14-27(16-23)21-9-12-25(26-15-21)29-17-19-5-6-19/h7-12,15,18-19,23H,3-6,13-14,16-17H2,1-2H3/t18?,23-/m1/s1. The monoisotopic (exact) mass is 408 g/mol. The molecule has 0 N–H and O–H groups in total. The Morgan fingerprint density at radius 1 is 1.17 bits per heavy atom. The number of anilines is 1. The fourth-order valence-electron chi connectivity index (χ4n) is 3.87. The normalized spacial score (nSPS) is 19.5. The van der Waals surface area contributed by atoms with E-state index < -0.39 is 0 Å². The minimum Gasteiger partial charge on any atom is -0.489 e. The molecule has 0 spiro atoms. The van der Waals surface area contributed by atoms with E-state index in [2.05, 4.69) is 16.0 Å². The summed E-state index contributed by atoms with van der Waals surface area (Å²) in [7, 11) is 0. The maximum Gasteiger partial charge on any atom is 0.213 e. The molecular formula is C25H32N2O3. The number of rotatable bonds is 10. The third-order valence-electron chi connectivity index (χ3n) is 6.06. The van der Waals surface area contributed by atoms with Crippen LogP contribution in [-0.2, 0) is 4.79 Å². The molecule has 2 atom stereocenters. The van der Waals surface area contributed by atoms with Crippen LogP contribution in [0.15, 0.2) is 42.6 Å². The van der Waals surface area contributed by atoms with Crippen LogP contribution in [0.5, 0.6) is 11.6 Å². The van der Waals surface area contributed by atoms with Crippen LogP contribution in [0.2, 0.25) is 0 Å². The van der Waals surface area contributed by atoms with Gasteiger partial charge in [-0.25, -0.2) is 4.98 Å². The van der Waals surface area contributed by atoms with E-state index in [1.807, 2.05) is 50.4 Å². The summed E-state index contributed by atoms with van der Waals surface area (Å²) in [5.41, 5.74) is 2.17. The maximum atomic E-state index is 12.1. The van der Waals surface area contributed by atoms with Gasteiger partial charge in [-0.3, -0.25) is 4.79 Å². The Hall–Kier alpha value is -2.56. The molecule has 1 saturated carbocycles. The van der Waals surface area contributed by atoms with E-state index in [1.54, 1.807) is 0 Å². The lowest BCUT2D eigenvalue weighted by atomic mass is 9.94. The number of ketones is 1. The Labute approximate surface area is 179 Å². The van der Waals surface area contributed by atoms with Gasteiger partial charge in [0, 0.05) is 31.4 Å². The van der Waals surface area contributed by atoms with Crippen molar-refractivity contribution in [1.82, 2.24) is 4.98 Å². The molecule has 4 rings (SSSR count). The first-order chi connectivity index (χ1) is 14.6. The summed E-state index contributed by atoms with van der Waals surface area (Å²) in [6, 6.07) is 12.1. The van der Waals surface area contributed by atoms with Crippen LogP contribution in [0.1, 0.15) is 57.4 Å². The van der Waals surface area contributed by atoms with Crippen LogP contribution in [0.25, 0.3) is 0 Å². The number of carbonyl (C=O) groups is 1. The van der Waals surface area contributed by atoms with Crippen molar-refractivity contribution in [2.75, 3.05) is 24.6 Å². The highest BCUT2D eigenvalue weighted by Crippen LogP contribution is 2.30. The first-order valence-electron chi connectivity index (χ1n) is 11.3. The molecule has 5 nitrogen and oxygen atoms in total. The number of hydrogen-bond acceptors (Lipinski definition) is 5. The Morgan fingerprint density at radius 3 is 2.63 bits per heavy atom. The predicted molar refractivity (Wildman–Crippen MR) is 118 cm³/mol. The highest BCUT2D eigenvalue weighted by Gasteiger charge is 2.25. The van der Waals surface area contributed by atoms with E-state index >= 15 is 0 Å². The van der Waals surface area contributed by atoms with Gasteiger partial charge in [-0.15, -0.1) is 0 Å². The number of hydrogen-bond donors (Lipinski definition) is 0. The Kier molecular flexibility index (Phi) is 6.56. The minimum atomic E-state index is -0.0512. The third kappa shape index (κ3) is 5.32. The van der Waals surface area contributed by atoms with Gasteiger partial charge in [0.2, 0.25) is 5.88 Å². The molecule has 2 heterocycles. The topological polar surface area (TPSA) is 51.7 Å². The largest absolute Gasteiger partial charge is 0.489 e. The Bertz CT molecular complexity index is 830. The lowest BCUT2D eigenvalue weighted by Gasteiger charge is -2.19. The molecule has 2 aromatic rings. The van der Waals surface area contributed by atoms with Crippen molar-refractivity contribution < 1.29 is 14.3 Å². The second-order valence-electron chi connectivity index (χ2n) is 8.59. The smallest absolute Gasteiger partial charge is 0.213 e. The quantitative estimate of drug-likeness (QED) is 0.554. The SMILES string of the molecule is CCCC(=O)C(C)c1ccc(O[C@@H]2CCN(c3ccc(OCC4CC4)nc3)C2)cc1. The zero-order valence-electron chi connectivity index (χ0n) is 18.0. The number of Topliss-reactive ketones (excluding diaryl/α,β-unsaturated/α-hetero) is 1. The van der Waals surface area contributed by atoms with Crippen LogP contribution in [-0.4, -0.2) is 36.6 Å². The molecule has 1 unspecified atom stereocenters. The fraction of sp³-hybridized carbons (Fsp3) is 0.520. The number of carbonyl (C=O) groups excluding carboxylic acids is 1. The van der Waals surface area contributed by atoms with Crippen molar-refractivity contribution >= 4 is 11.5 Å². The van der Waals surface area contributed by atoms with Crippen LogP contribution in [0.3, 0.4) is 0 Å². The second-order valence-corrected chi connectivity index (χ2v) is 8.59. The molecule has 1 aromatic carbocycles. The predicted octanol–water partition coefficient (Wildman–Crippen LogP) is 5.00. The summed E-state index contributed by atoms with van der Waals surface area (Å²) in [6.45, 7) is 6.61. The van der Waals surface area contributed by atoms with E-state index in [-0.39, 0.29) is 12.0 Å². The van der Waals surface area contributed by atoms with Gasteiger partial charge in [-0.2, -0.15) is 0 Å². The number of aromatic nitrogens is 1. The molecule has 1 aromatic heterocycles. The second kappa shape index (κ2) is 9.50. The van der Waals surface area contributed by atoms with Crippen LogP contribution in [0, 0.1) is 5.92 Å². The maximum absolute atomic E-state index is 12.1. The zero-order valence-corrected chi connectivity index (χ0v) is 18.0. The molecule has 2 fully saturated rings. The van der Waals surface area contributed by atoms with Crippen molar-refractivity contribution in [3.05, 3.63) is 48.2 Å². The van der Waals surface area contributed by atoms with Gasteiger partial charge in [0.25, 0.3) is 0 Å². The summed E-state index contributed by atoms with van der Waals surface area (Å²) in [5.74, 6) is 2.56. The van der Waals surface area contributed by atoms with Gasteiger partial charge in [0.15, 0.2) is 0 Å². The van der Waals surface area contributed by atoms with E-state index in [1.165, 1.54) is 12.8 Å². The number of ether oxygens (including phenoxy) is 2. The van der Waals surface area contributed by atoms with Crippen molar-refractivity contribution in [2.24, 2.45) is 5.92 Å². The third-order valence-corrected chi connectivity index (χ3v) is 6.06. The van der Waals surface area contributed by atoms with Crippen LogP contribution < -0.4 is 14.4 Å². The first kappa shape index (κ1) is 20.7. The number of nitrogens with zero attached hydrogens (tertiary/aromatic N) is 2. The van der Waals surface area contributed by atoms with E-state index in [0.29, 0.717) is 18.1 Å². The number of benzene rings is 1. The first-order valence-corrected chi connectivity index (χ1v) is 11.3. The van der Waals surface area contributed by atoms with Gasteiger partial charge >= 0.3 is 0 Å². The van der Waals surface area contributed by atoms with Gasteiger partial charge in [-0.1, -0.05) is 26.0 Å². The van der Waals surface area contributed by atoms with Gasteiger partial charge < -0.3 is 14.4 Å². The van der Waals surface area contributed by atoms with Crippen molar-refractivity contribution in [3.63, 3.8) is 0 Å². The van der Waals surface area contributed by atoms with Gasteiger partial charge in [0.1, 0.15) is 17.6 Å². The molecule has 0 radical (unpaired) electrons. The van der Waals surface area contributed by atoms with Crippen molar-refractivity contribution in [1.29, 1.82) is 0 Å². The summed E-state index contributed by atoms with van der Waals surface area (Å²) in [6.07, 6.45) is 7.13. The Balaban J connectivity index is 1.27. The van der Waals surface area contributed by atoms with E-state index in [9.17, 15) is 4.79 Å². The van der Waals surface area contributed by atoms with Gasteiger partial charge in [-0.05, 0) is 48.9 Å². The summed E-state index contributed by atoms with van der Waals surface area (Å²) >= 11 is 0. The fourth-order valence-corrected chi connectivity index (χ4v) is 3.87. The molecule has 160 valence electrons. The molecule has 2 aliphatic rings. The lowest BCUT2D eigenvalue weighted by molar-refractivity contribution is -0.120. The van der Waals surface area contributed by atoms with Crippen LogP contribution >= 0.6 is 0 Å².